The molecule has 1 aromatic rings. The third kappa shape index (κ3) is 4.00. The monoisotopic (exact) mass is 280 g/mol. The Balaban J connectivity index is 2.04. The minimum atomic E-state index is 0.545. The summed E-state index contributed by atoms with van der Waals surface area (Å²) in [6.45, 7) is 5.05. The highest BCUT2D eigenvalue weighted by Crippen LogP contribution is 2.30. The van der Waals surface area contributed by atoms with Crippen molar-refractivity contribution in [3.05, 3.63) is 11.9 Å². The van der Waals surface area contributed by atoms with Crippen molar-refractivity contribution in [2.45, 2.75) is 50.8 Å². The SMILES string of the molecule is CCCNc1cc(NC2CCCC2SC)nc(C)n1. The number of hydrogen-bond donors (Lipinski definition) is 2. The summed E-state index contributed by atoms with van der Waals surface area (Å²) in [6, 6.07) is 2.57. The van der Waals surface area contributed by atoms with Gasteiger partial charge in [0.1, 0.15) is 17.5 Å². The molecular formula is C14H24N4S. The molecule has 1 aliphatic rings. The molecule has 1 heterocycles. The Morgan fingerprint density at radius 1 is 1.32 bits per heavy atom. The second-order valence-electron chi connectivity index (χ2n) is 5.07. The van der Waals surface area contributed by atoms with Crippen LogP contribution in [0.5, 0.6) is 0 Å². The van der Waals surface area contributed by atoms with Gasteiger partial charge in [-0.3, -0.25) is 0 Å². The Hall–Kier alpha value is -0.970. The molecule has 1 fully saturated rings. The largest absolute Gasteiger partial charge is 0.370 e. The number of aryl methyl sites for hydroxylation is 1. The van der Waals surface area contributed by atoms with E-state index in [1.165, 1.54) is 19.3 Å². The lowest BCUT2D eigenvalue weighted by Gasteiger charge is -2.20. The van der Waals surface area contributed by atoms with E-state index in [1.54, 1.807) is 0 Å². The van der Waals surface area contributed by atoms with Crippen LogP contribution in [0, 0.1) is 6.92 Å². The molecule has 2 N–H and O–H groups in total. The average Bonchev–Trinajstić information content (AvgIpc) is 2.83. The topological polar surface area (TPSA) is 49.8 Å². The van der Waals surface area contributed by atoms with Crippen LogP contribution in [0.1, 0.15) is 38.4 Å². The van der Waals surface area contributed by atoms with E-state index >= 15 is 0 Å². The molecule has 0 spiro atoms. The number of hydrogen-bond acceptors (Lipinski definition) is 5. The third-order valence-corrected chi connectivity index (χ3v) is 4.65. The lowest BCUT2D eigenvalue weighted by molar-refractivity contribution is 0.761. The second kappa shape index (κ2) is 6.98. The molecule has 5 heteroatoms. The van der Waals surface area contributed by atoms with Crippen LogP contribution in [0.15, 0.2) is 6.07 Å². The minimum Gasteiger partial charge on any atom is -0.370 e. The van der Waals surface area contributed by atoms with Gasteiger partial charge in [0.25, 0.3) is 0 Å². The molecule has 106 valence electrons. The van der Waals surface area contributed by atoms with E-state index in [0.29, 0.717) is 11.3 Å². The first-order valence-corrected chi connectivity index (χ1v) is 8.40. The Kier molecular flexibility index (Phi) is 5.31. The summed E-state index contributed by atoms with van der Waals surface area (Å²) in [6.07, 6.45) is 7.16. The van der Waals surface area contributed by atoms with E-state index in [0.717, 1.165) is 30.4 Å². The average molecular weight is 280 g/mol. The third-order valence-electron chi connectivity index (χ3n) is 3.48. The zero-order chi connectivity index (χ0) is 13.7. The summed E-state index contributed by atoms with van der Waals surface area (Å²) in [5.41, 5.74) is 0. The molecule has 4 nitrogen and oxygen atoms in total. The molecule has 1 aliphatic carbocycles. The number of rotatable bonds is 6. The quantitative estimate of drug-likeness (QED) is 0.837. The fourth-order valence-corrected chi connectivity index (χ4v) is 3.48. The molecule has 0 aromatic carbocycles. The Labute approximate surface area is 120 Å². The fourth-order valence-electron chi connectivity index (χ4n) is 2.55. The molecule has 0 aliphatic heterocycles. The van der Waals surface area contributed by atoms with Crippen LogP contribution in [-0.2, 0) is 0 Å². The maximum atomic E-state index is 4.50. The van der Waals surface area contributed by atoms with Crippen LogP contribution in [0.25, 0.3) is 0 Å². The van der Waals surface area contributed by atoms with Gasteiger partial charge in [0, 0.05) is 23.9 Å². The van der Waals surface area contributed by atoms with Crippen molar-refractivity contribution in [1.82, 2.24) is 9.97 Å². The molecular weight excluding hydrogens is 256 g/mol. The van der Waals surface area contributed by atoms with Gasteiger partial charge in [-0.15, -0.1) is 0 Å². The summed E-state index contributed by atoms with van der Waals surface area (Å²) in [5.74, 6) is 2.70. The normalized spacial score (nSPS) is 22.5. The first kappa shape index (κ1) is 14.4. The highest BCUT2D eigenvalue weighted by Gasteiger charge is 2.26. The van der Waals surface area contributed by atoms with Gasteiger partial charge in [0.15, 0.2) is 0 Å². The van der Waals surface area contributed by atoms with E-state index < -0.39 is 0 Å². The summed E-state index contributed by atoms with van der Waals surface area (Å²) in [7, 11) is 0. The Bertz CT molecular complexity index is 410. The first-order valence-electron chi connectivity index (χ1n) is 7.11. The molecule has 1 aromatic heterocycles. The van der Waals surface area contributed by atoms with E-state index in [1.807, 2.05) is 24.8 Å². The lowest BCUT2D eigenvalue weighted by atomic mass is 10.2. The van der Waals surface area contributed by atoms with Gasteiger partial charge < -0.3 is 10.6 Å². The van der Waals surface area contributed by atoms with Crippen molar-refractivity contribution >= 4 is 23.4 Å². The maximum absolute atomic E-state index is 4.50. The van der Waals surface area contributed by atoms with Crippen LogP contribution in [0.2, 0.25) is 0 Å². The van der Waals surface area contributed by atoms with Gasteiger partial charge in [-0.25, -0.2) is 9.97 Å². The molecule has 0 radical (unpaired) electrons. The Morgan fingerprint density at radius 3 is 2.84 bits per heavy atom. The number of thioether (sulfide) groups is 1. The first-order chi connectivity index (χ1) is 9.22. The molecule has 2 unspecified atom stereocenters. The summed E-state index contributed by atoms with van der Waals surface area (Å²) in [4.78, 5) is 8.92. The van der Waals surface area contributed by atoms with E-state index in [9.17, 15) is 0 Å². The van der Waals surface area contributed by atoms with Gasteiger partial charge in [0.05, 0.1) is 0 Å². The second-order valence-corrected chi connectivity index (χ2v) is 6.15. The van der Waals surface area contributed by atoms with Gasteiger partial charge in [0.2, 0.25) is 0 Å². The molecule has 1 saturated carbocycles. The van der Waals surface area contributed by atoms with E-state index in [4.69, 9.17) is 0 Å². The number of nitrogens with zero attached hydrogens (tertiary/aromatic N) is 2. The molecule has 2 atom stereocenters. The van der Waals surface area contributed by atoms with Crippen molar-refractivity contribution in [3.63, 3.8) is 0 Å². The van der Waals surface area contributed by atoms with Gasteiger partial charge in [-0.05, 0) is 32.4 Å². The number of aromatic nitrogens is 2. The highest BCUT2D eigenvalue weighted by atomic mass is 32.2. The summed E-state index contributed by atoms with van der Waals surface area (Å²) >= 11 is 1.96. The van der Waals surface area contributed by atoms with Crippen molar-refractivity contribution in [2.24, 2.45) is 0 Å². The van der Waals surface area contributed by atoms with Crippen molar-refractivity contribution in [1.29, 1.82) is 0 Å². The van der Waals surface area contributed by atoms with Crippen LogP contribution in [0.4, 0.5) is 11.6 Å². The number of nitrogens with one attached hydrogen (secondary N) is 2. The van der Waals surface area contributed by atoms with Crippen molar-refractivity contribution in [2.75, 3.05) is 23.4 Å². The summed E-state index contributed by atoms with van der Waals surface area (Å²) < 4.78 is 0. The Morgan fingerprint density at radius 2 is 2.11 bits per heavy atom. The van der Waals surface area contributed by atoms with Gasteiger partial charge in [-0.2, -0.15) is 11.8 Å². The molecule has 19 heavy (non-hydrogen) atoms. The standard InChI is InChI=1S/C14H24N4S/c1-4-8-15-13-9-14(17-10(2)16-13)18-11-6-5-7-12(11)19-3/h9,11-12H,4-8H2,1-3H3,(H2,15,16,17,18). The minimum absolute atomic E-state index is 0.545. The smallest absolute Gasteiger partial charge is 0.132 e. The van der Waals surface area contributed by atoms with E-state index in [2.05, 4.69) is 33.8 Å². The van der Waals surface area contributed by atoms with Crippen LogP contribution in [0.3, 0.4) is 0 Å². The maximum Gasteiger partial charge on any atom is 0.132 e. The zero-order valence-corrected chi connectivity index (χ0v) is 12.9. The number of anilines is 2. The van der Waals surface area contributed by atoms with Crippen LogP contribution >= 0.6 is 11.8 Å². The predicted molar refractivity (Wildman–Crippen MR) is 84.1 cm³/mol. The van der Waals surface area contributed by atoms with Gasteiger partial charge >= 0.3 is 0 Å². The molecule has 0 bridgehead atoms. The molecule has 0 amide bonds. The van der Waals surface area contributed by atoms with E-state index in [-0.39, 0.29) is 0 Å². The predicted octanol–water partition coefficient (Wildman–Crippen LogP) is 3.30. The molecule has 0 saturated heterocycles. The highest BCUT2D eigenvalue weighted by molar-refractivity contribution is 7.99. The van der Waals surface area contributed by atoms with Crippen molar-refractivity contribution < 1.29 is 0 Å². The van der Waals surface area contributed by atoms with Crippen molar-refractivity contribution in [3.8, 4) is 0 Å². The lowest BCUT2D eigenvalue weighted by Crippen LogP contribution is -2.26. The molecule has 2 rings (SSSR count). The van der Waals surface area contributed by atoms with Crippen LogP contribution in [-0.4, -0.2) is 34.1 Å². The summed E-state index contributed by atoms with van der Waals surface area (Å²) in [5, 5.41) is 7.63. The fraction of sp³-hybridized carbons (Fsp3) is 0.714. The van der Waals surface area contributed by atoms with Gasteiger partial charge in [-0.1, -0.05) is 13.3 Å². The zero-order valence-electron chi connectivity index (χ0n) is 12.1. The van der Waals surface area contributed by atoms with Crippen LogP contribution < -0.4 is 10.6 Å².